The van der Waals surface area contributed by atoms with Gasteiger partial charge in [-0.25, -0.2) is 9.48 Å². The van der Waals surface area contributed by atoms with Gasteiger partial charge in [-0.3, -0.25) is 9.69 Å². The van der Waals surface area contributed by atoms with E-state index in [2.05, 4.69) is 10.4 Å². The summed E-state index contributed by atoms with van der Waals surface area (Å²) in [6.07, 6.45) is 1.16. The molecule has 1 aliphatic heterocycles. The van der Waals surface area contributed by atoms with Gasteiger partial charge in [-0.2, -0.15) is 5.10 Å². The van der Waals surface area contributed by atoms with Gasteiger partial charge in [0, 0.05) is 32.9 Å². The molecule has 1 fully saturated rings. The lowest BCUT2D eigenvalue weighted by atomic mass is 10.1. The van der Waals surface area contributed by atoms with Crippen LogP contribution in [0.4, 0.5) is 16.3 Å². The molecule has 1 aromatic heterocycles. The van der Waals surface area contributed by atoms with Crippen LogP contribution < -0.4 is 10.2 Å². The van der Waals surface area contributed by atoms with Crippen LogP contribution in [0.25, 0.3) is 0 Å². The molecular formula is C20H16Cl2N4O3. The lowest BCUT2D eigenvalue weighted by Crippen LogP contribution is -2.24. The van der Waals surface area contributed by atoms with Crippen molar-refractivity contribution in [2.45, 2.75) is 6.54 Å². The quantitative estimate of drug-likeness (QED) is 0.648. The van der Waals surface area contributed by atoms with Crippen LogP contribution in [-0.4, -0.2) is 34.9 Å². The number of carbonyl (C=O) groups excluding carboxylic acids is 2. The number of anilines is 2. The third kappa shape index (κ3) is 4.06. The van der Waals surface area contributed by atoms with E-state index in [-0.39, 0.29) is 5.91 Å². The molecule has 0 unspecified atom stereocenters. The van der Waals surface area contributed by atoms with E-state index in [1.165, 1.54) is 4.90 Å². The van der Waals surface area contributed by atoms with Gasteiger partial charge in [0.05, 0.1) is 19.3 Å². The number of hydrogen-bond donors (Lipinski definition) is 1. The minimum atomic E-state index is -0.419. The van der Waals surface area contributed by atoms with Crippen molar-refractivity contribution in [3.05, 3.63) is 75.9 Å². The van der Waals surface area contributed by atoms with Gasteiger partial charge in [-0.05, 0) is 30.3 Å². The van der Waals surface area contributed by atoms with Gasteiger partial charge in [0.15, 0.2) is 0 Å². The van der Waals surface area contributed by atoms with Crippen LogP contribution in [0, 0.1) is 0 Å². The second kappa shape index (κ2) is 8.14. The van der Waals surface area contributed by atoms with Crippen LogP contribution >= 0.6 is 23.2 Å². The van der Waals surface area contributed by atoms with Crippen LogP contribution in [0.5, 0.6) is 0 Å². The summed E-state index contributed by atoms with van der Waals surface area (Å²) in [5.41, 5.74) is 1.73. The summed E-state index contributed by atoms with van der Waals surface area (Å²) in [5.74, 6) is 0.170. The first kappa shape index (κ1) is 19.3. The Kier molecular flexibility index (Phi) is 5.42. The Labute approximate surface area is 176 Å². The fourth-order valence-electron chi connectivity index (χ4n) is 3.03. The second-order valence-electron chi connectivity index (χ2n) is 6.34. The van der Waals surface area contributed by atoms with E-state index in [4.69, 9.17) is 27.9 Å². The lowest BCUT2D eigenvalue weighted by molar-refractivity contribution is 0.102. The van der Waals surface area contributed by atoms with Gasteiger partial charge in [-0.1, -0.05) is 35.3 Å². The van der Waals surface area contributed by atoms with Crippen LogP contribution in [0.15, 0.2) is 54.7 Å². The van der Waals surface area contributed by atoms with Crippen LogP contribution in [0.3, 0.4) is 0 Å². The molecule has 9 heteroatoms. The van der Waals surface area contributed by atoms with Gasteiger partial charge in [0.2, 0.25) is 0 Å². The first-order valence-corrected chi connectivity index (χ1v) is 9.59. The highest BCUT2D eigenvalue weighted by Gasteiger charge is 2.24. The molecule has 0 bridgehead atoms. The molecule has 148 valence electrons. The minimum absolute atomic E-state index is 0.306. The van der Waals surface area contributed by atoms with E-state index in [1.54, 1.807) is 59.4 Å². The number of hydrogen-bond acceptors (Lipinski definition) is 4. The molecule has 1 saturated heterocycles. The van der Waals surface area contributed by atoms with Crippen molar-refractivity contribution in [2.24, 2.45) is 0 Å². The van der Waals surface area contributed by atoms with Crippen molar-refractivity contribution in [1.29, 1.82) is 0 Å². The SMILES string of the molecule is O=C(Nc1ccnn1Cc1c(Cl)cccc1Cl)c1cccc(N2CCOC2=O)c1. The zero-order chi connectivity index (χ0) is 20.4. The number of nitrogens with zero attached hydrogens (tertiary/aromatic N) is 3. The predicted octanol–water partition coefficient (Wildman–Crippen LogP) is 4.45. The van der Waals surface area contributed by atoms with Crippen LogP contribution in [-0.2, 0) is 11.3 Å². The third-order valence-electron chi connectivity index (χ3n) is 4.51. The highest BCUT2D eigenvalue weighted by Crippen LogP contribution is 2.26. The van der Waals surface area contributed by atoms with Crippen molar-refractivity contribution < 1.29 is 14.3 Å². The average Bonchev–Trinajstić information content (AvgIpc) is 3.33. The molecule has 0 spiro atoms. The standard InChI is InChI=1S/C20H16Cl2N4O3/c21-16-5-2-6-17(22)15(16)12-26-18(7-8-23-26)24-19(27)13-3-1-4-14(11-13)25-9-10-29-20(25)28/h1-8,11H,9-10,12H2,(H,24,27). The Morgan fingerprint density at radius 1 is 1.14 bits per heavy atom. The molecule has 29 heavy (non-hydrogen) atoms. The molecule has 2 aromatic carbocycles. The number of ether oxygens (including phenoxy) is 1. The van der Waals surface area contributed by atoms with Crippen molar-refractivity contribution in [3.8, 4) is 0 Å². The fourth-order valence-corrected chi connectivity index (χ4v) is 3.55. The number of amides is 2. The van der Waals surface area contributed by atoms with E-state index in [0.29, 0.717) is 52.4 Å². The first-order valence-electron chi connectivity index (χ1n) is 8.83. The minimum Gasteiger partial charge on any atom is -0.447 e. The lowest BCUT2D eigenvalue weighted by Gasteiger charge is -2.14. The highest BCUT2D eigenvalue weighted by molar-refractivity contribution is 6.36. The number of halogens is 2. The molecule has 4 rings (SSSR count). The Morgan fingerprint density at radius 3 is 2.62 bits per heavy atom. The third-order valence-corrected chi connectivity index (χ3v) is 5.22. The molecule has 7 nitrogen and oxygen atoms in total. The van der Waals surface area contributed by atoms with E-state index in [1.807, 2.05) is 0 Å². The maximum absolute atomic E-state index is 12.8. The predicted molar refractivity (Wildman–Crippen MR) is 111 cm³/mol. The van der Waals surface area contributed by atoms with Gasteiger partial charge in [0.25, 0.3) is 5.91 Å². The molecule has 2 heterocycles. The number of cyclic esters (lactones) is 1. The maximum Gasteiger partial charge on any atom is 0.414 e. The number of benzene rings is 2. The van der Waals surface area contributed by atoms with Gasteiger partial charge < -0.3 is 10.1 Å². The fraction of sp³-hybridized carbons (Fsp3) is 0.150. The average molecular weight is 431 g/mol. The van der Waals surface area contributed by atoms with E-state index >= 15 is 0 Å². The number of carbonyl (C=O) groups is 2. The van der Waals surface area contributed by atoms with Crippen molar-refractivity contribution >= 4 is 46.7 Å². The van der Waals surface area contributed by atoms with Crippen LogP contribution in [0.2, 0.25) is 10.0 Å². The number of nitrogens with one attached hydrogen (secondary N) is 1. The molecule has 0 saturated carbocycles. The number of rotatable bonds is 5. The second-order valence-corrected chi connectivity index (χ2v) is 7.16. The topological polar surface area (TPSA) is 76.5 Å². The molecule has 0 radical (unpaired) electrons. The molecule has 1 aliphatic rings. The van der Waals surface area contributed by atoms with Crippen molar-refractivity contribution in [2.75, 3.05) is 23.4 Å². The summed E-state index contributed by atoms with van der Waals surface area (Å²) < 4.78 is 6.55. The smallest absolute Gasteiger partial charge is 0.414 e. The molecule has 2 amide bonds. The Balaban J connectivity index is 1.53. The van der Waals surface area contributed by atoms with Gasteiger partial charge in [0.1, 0.15) is 12.4 Å². The molecule has 1 N–H and O–H groups in total. The summed E-state index contributed by atoms with van der Waals surface area (Å²) in [4.78, 5) is 26.0. The Morgan fingerprint density at radius 2 is 1.90 bits per heavy atom. The summed E-state index contributed by atoms with van der Waals surface area (Å²) in [6.45, 7) is 1.09. The Bertz CT molecular complexity index is 1060. The molecule has 3 aromatic rings. The molecular weight excluding hydrogens is 415 g/mol. The summed E-state index contributed by atoms with van der Waals surface area (Å²) >= 11 is 12.5. The van der Waals surface area contributed by atoms with E-state index in [0.717, 1.165) is 0 Å². The summed E-state index contributed by atoms with van der Waals surface area (Å²) in [5, 5.41) is 8.13. The maximum atomic E-state index is 12.8. The highest BCUT2D eigenvalue weighted by atomic mass is 35.5. The zero-order valence-corrected chi connectivity index (χ0v) is 16.7. The van der Waals surface area contributed by atoms with Crippen molar-refractivity contribution in [3.63, 3.8) is 0 Å². The largest absolute Gasteiger partial charge is 0.447 e. The first-order chi connectivity index (χ1) is 14.0. The molecule has 0 aliphatic carbocycles. The van der Waals surface area contributed by atoms with E-state index in [9.17, 15) is 9.59 Å². The monoisotopic (exact) mass is 430 g/mol. The summed E-state index contributed by atoms with van der Waals surface area (Å²) in [6, 6.07) is 13.7. The summed E-state index contributed by atoms with van der Waals surface area (Å²) in [7, 11) is 0. The van der Waals surface area contributed by atoms with Crippen molar-refractivity contribution in [1.82, 2.24) is 9.78 Å². The van der Waals surface area contributed by atoms with Gasteiger partial charge >= 0.3 is 6.09 Å². The van der Waals surface area contributed by atoms with Gasteiger partial charge in [-0.15, -0.1) is 0 Å². The zero-order valence-electron chi connectivity index (χ0n) is 15.1. The number of aromatic nitrogens is 2. The Hall–Kier alpha value is -3.03. The van der Waals surface area contributed by atoms with E-state index < -0.39 is 6.09 Å². The van der Waals surface area contributed by atoms with Crippen LogP contribution in [0.1, 0.15) is 15.9 Å². The molecule has 0 atom stereocenters. The normalized spacial score (nSPS) is 13.4.